The summed E-state index contributed by atoms with van der Waals surface area (Å²) in [4.78, 5) is 22.3. The Morgan fingerprint density at radius 3 is 2.53 bits per heavy atom. The lowest BCUT2D eigenvalue weighted by Crippen LogP contribution is -2.35. The average Bonchev–Trinajstić information content (AvgIpc) is 2.30. The molecule has 0 aliphatic carbocycles. The first-order chi connectivity index (χ1) is 8.13. The van der Waals surface area contributed by atoms with Crippen LogP contribution >= 0.6 is 0 Å². The van der Waals surface area contributed by atoms with Crippen molar-refractivity contribution < 1.29 is 19.1 Å². The highest BCUT2D eigenvalue weighted by Crippen LogP contribution is 2.03. The molecule has 0 bridgehead atoms. The van der Waals surface area contributed by atoms with Crippen molar-refractivity contribution in [3.63, 3.8) is 0 Å². The molecule has 0 radical (unpaired) electrons. The Bertz CT molecular complexity index is 377. The lowest BCUT2D eigenvalue weighted by molar-refractivity contribution is -0.141. The average molecular weight is 237 g/mol. The zero-order valence-corrected chi connectivity index (χ0v) is 9.59. The highest BCUT2D eigenvalue weighted by Gasteiger charge is 2.19. The van der Waals surface area contributed by atoms with E-state index in [9.17, 15) is 9.59 Å². The Hall–Kier alpha value is -1.88. The Balaban J connectivity index is 2.45. The first kappa shape index (κ1) is 13.2. The topological polar surface area (TPSA) is 78.6 Å². The van der Waals surface area contributed by atoms with Gasteiger partial charge in [-0.2, -0.15) is 0 Å². The third-order valence-electron chi connectivity index (χ3n) is 2.05. The summed E-state index contributed by atoms with van der Waals surface area (Å²) in [6.45, 7) is 1.77. The van der Waals surface area contributed by atoms with Gasteiger partial charge in [0.25, 0.3) is 0 Å². The minimum atomic E-state index is -1.01. The van der Waals surface area contributed by atoms with Crippen LogP contribution in [0.3, 0.4) is 0 Å². The van der Waals surface area contributed by atoms with Crippen LogP contribution in [0.25, 0.3) is 0 Å². The summed E-state index contributed by atoms with van der Waals surface area (Å²) < 4.78 is 8.88. The van der Waals surface area contributed by atoms with Gasteiger partial charge in [-0.25, -0.2) is 9.59 Å². The van der Waals surface area contributed by atoms with E-state index in [1.165, 1.54) is 0 Å². The van der Waals surface area contributed by atoms with Crippen LogP contribution in [0.4, 0.5) is 4.79 Å². The van der Waals surface area contributed by atoms with E-state index in [1.54, 1.807) is 6.92 Å². The number of benzene rings is 1. The largest absolute Gasteiger partial charge is 0.516 e. The molecule has 1 aromatic carbocycles. The van der Waals surface area contributed by atoms with Gasteiger partial charge >= 0.3 is 12.1 Å². The third kappa shape index (κ3) is 4.65. The fourth-order valence-corrected chi connectivity index (χ4v) is 1.26. The van der Waals surface area contributed by atoms with Gasteiger partial charge in [0.15, 0.2) is 0 Å². The Morgan fingerprint density at radius 2 is 1.94 bits per heavy atom. The molecule has 0 fully saturated rings. The normalized spacial score (nSPS) is 11.6. The second-order valence-corrected chi connectivity index (χ2v) is 3.40. The van der Waals surface area contributed by atoms with Gasteiger partial charge in [-0.15, -0.1) is 0 Å². The molecule has 5 nitrogen and oxygen atoms in total. The van der Waals surface area contributed by atoms with Crippen LogP contribution in [0, 0.1) is 0 Å². The van der Waals surface area contributed by atoms with Crippen LogP contribution in [0.5, 0.6) is 0 Å². The second-order valence-electron chi connectivity index (χ2n) is 3.40. The summed E-state index contributed by atoms with van der Waals surface area (Å²) in [7, 11) is 0. The first-order valence-electron chi connectivity index (χ1n) is 5.31. The van der Waals surface area contributed by atoms with E-state index in [0.29, 0.717) is 6.42 Å². The lowest BCUT2D eigenvalue weighted by atomic mass is 10.1. The number of hydrogen-bond acceptors (Lipinski definition) is 5. The van der Waals surface area contributed by atoms with Crippen LogP contribution in [0.15, 0.2) is 30.3 Å². The number of carbonyl (C=O) groups is 2. The van der Waals surface area contributed by atoms with Gasteiger partial charge in [-0.05, 0) is 18.9 Å². The number of nitrogens with two attached hydrogens (primary N) is 1. The van der Waals surface area contributed by atoms with Crippen molar-refractivity contribution in [2.75, 3.05) is 6.61 Å². The van der Waals surface area contributed by atoms with Crippen LogP contribution in [-0.2, 0) is 20.7 Å². The maximum atomic E-state index is 11.4. The molecular weight excluding hydrogens is 222 g/mol. The number of carbonyl (C=O) groups excluding carboxylic acids is 2. The summed E-state index contributed by atoms with van der Waals surface area (Å²) in [5, 5.41) is 0. The zero-order valence-electron chi connectivity index (χ0n) is 9.59. The van der Waals surface area contributed by atoms with Crippen molar-refractivity contribution in [1.82, 2.24) is 0 Å². The number of rotatable bonds is 4. The maximum absolute atomic E-state index is 11.4. The molecule has 1 aromatic rings. The van der Waals surface area contributed by atoms with Gasteiger partial charge in [0.2, 0.25) is 0 Å². The highest BCUT2D eigenvalue weighted by atomic mass is 16.7. The van der Waals surface area contributed by atoms with Crippen LogP contribution in [-0.4, -0.2) is 24.8 Å². The minimum absolute atomic E-state index is 0.153. The summed E-state index contributed by atoms with van der Waals surface area (Å²) in [5.41, 5.74) is 6.51. The number of hydrogen-bond donors (Lipinski definition) is 1. The highest BCUT2D eigenvalue weighted by molar-refractivity contribution is 5.85. The Morgan fingerprint density at radius 1 is 1.29 bits per heavy atom. The van der Waals surface area contributed by atoms with Crippen molar-refractivity contribution in [2.24, 2.45) is 5.73 Å². The summed E-state index contributed by atoms with van der Waals surface area (Å²) in [5.74, 6) is -0.785. The molecule has 1 unspecified atom stereocenters. The smallest absolute Gasteiger partial charge is 0.434 e. The molecule has 5 heteroatoms. The first-order valence-corrected chi connectivity index (χ1v) is 5.31. The third-order valence-corrected chi connectivity index (χ3v) is 2.05. The zero-order chi connectivity index (χ0) is 12.7. The summed E-state index contributed by atoms with van der Waals surface area (Å²) in [6, 6.07) is 8.38. The fourth-order valence-electron chi connectivity index (χ4n) is 1.26. The number of ether oxygens (including phenoxy) is 2. The van der Waals surface area contributed by atoms with E-state index in [1.807, 2.05) is 30.3 Å². The Labute approximate surface area is 99.5 Å². The molecule has 0 aromatic heterocycles. The molecular formula is C12H15NO4. The van der Waals surface area contributed by atoms with Gasteiger partial charge in [-0.1, -0.05) is 30.3 Å². The van der Waals surface area contributed by atoms with Gasteiger partial charge in [0, 0.05) is 0 Å². The van der Waals surface area contributed by atoms with E-state index >= 15 is 0 Å². The molecule has 1 rings (SSSR count). The van der Waals surface area contributed by atoms with Gasteiger partial charge < -0.3 is 15.2 Å². The molecule has 17 heavy (non-hydrogen) atoms. The molecule has 92 valence electrons. The van der Waals surface area contributed by atoms with Crippen LogP contribution < -0.4 is 5.73 Å². The second kappa shape index (κ2) is 6.65. The molecule has 0 saturated heterocycles. The quantitative estimate of drug-likeness (QED) is 0.630. The van der Waals surface area contributed by atoms with Crippen molar-refractivity contribution >= 4 is 12.1 Å². The van der Waals surface area contributed by atoms with Crippen LogP contribution in [0.1, 0.15) is 12.5 Å². The molecule has 0 saturated carbocycles. The fraction of sp³-hybridized carbons (Fsp3) is 0.333. The van der Waals surface area contributed by atoms with Crippen molar-refractivity contribution in [1.29, 1.82) is 0 Å². The molecule has 0 spiro atoms. The molecule has 0 aliphatic heterocycles. The molecule has 1 atom stereocenters. The van der Waals surface area contributed by atoms with E-state index in [2.05, 4.69) is 9.47 Å². The summed E-state index contributed by atoms with van der Waals surface area (Å²) in [6.07, 6.45) is -0.694. The van der Waals surface area contributed by atoms with E-state index < -0.39 is 18.2 Å². The van der Waals surface area contributed by atoms with E-state index in [0.717, 1.165) is 5.56 Å². The standard InChI is InChI=1S/C12H15NO4/c1-2-16-12(15)17-11(14)10(13)8-9-6-4-3-5-7-9/h3-7,10H,2,8,13H2,1H3. The van der Waals surface area contributed by atoms with Gasteiger partial charge in [0.05, 0.1) is 6.61 Å². The SMILES string of the molecule is CCOC(=O)OC(=O)C(N)Cc1ccccc1. The monoisotopic (exact) mass is 237 g/mol. The summed E-state index contributed by atoms with van der Waals surface area (Å²) >= 11 is 0. The maximum Gasteiger partial charge on any atom is 0.516 e. The molecule has 0 amide bonds. The molecule has 0 heterocycles. The van der Waals surface area contributed by atoms with E-state index in [-0.39, 0.29) is 6.61 Å². The number of esters is 1. The van der Waals surface area contributed by atoms with Gasteiger partial charge in [-0.3, -0.25) is 0 Å². The van der Waals surface area contributed by atoms with Crippen LogP contribution in [0.2, 0.25) is 0 Å². The van der Waals surface area contributed by atoms with E-state index in [4.69, 9.17) is 5.73 Å². The van der Waals surface area contributed by atoms with Crippen molar-refractivity contribution in [2.45, 2.75) is 19.4 Å². The van der Waals surface area contributed by atoms with Crippen molar-refractivity contribution in [3.8, 4) is 0 Å². The molecule has 0 aliphatic rings. The van der Waals surface area contributed by atoms with Crippen molar-refractivity contribution in [3.05, 3.63) is 35.9 Å². The van der Waals surface area contributed by atoms with Gasteiger partial charge in [0.1, 0.15) is 6.04 Å². The Kier molecular flexibility index (Phi) is 5.16. The predicted octanol–water partition coefficient (Wildman–Crippen LogP) is 1.26. The molecule has 2 N–H and O–H groups in total. The predicted molar refractivity (Wildman–Crippen MR) is 61.2 cm³/mol. The lowest BCUT2D eigenvalue weighted by Gasteiger charge is -2.09. The minimum Gasteiger partial charge on any atom is -0.434 e.